The molecule has 1 saturated heterocycles. The van der Waals surface area contributed by atoms with Gasteiger partial charge in [-0.25, -0.2) is 8.42 Å². The second kappa shape index (κ2) is 4.49. The van der Waals surface area contributed by atoms with Gasteiger partial charge in [-0.2, -0.15) is 0 Å². The summed E-state index contributed by atoms with van der Waals surface area (Å²) in [4.78, 5) is 11.8. The molecule has 1 aliphatic rings. The fourth-order valence-corrected chi connectivity index (χ4v) is 3.60. The number of nitrogens with one attached hydrogen (secondary N) is 1. The Morgan fingerprint density at radius 1 is 1.28 bits per heavy atom. The highest BCUT2D eigenvalue weighted by Crippen LogP contribution is 2.26. The molecule has 0 spiro atoms. The summed E-state index contributed by atoms with van der Waals surface area (Å²) in [5, 5.41) is 21.5. The molecule has 2 rings (SSSR count). The molecule has 1 fully saturated rings. The Morgan fingerprint density at radius 2 is 1.89 bits per heavy atom. The van der Waals surface area contributed by atoms with Crippen LogP contribution in [-0.4, -0.2) is 42.1 Å². The molecular weight excluding hydrogens is 258 g/mol. The zero-order valence-electron chi connectivity index (χ0n) is 9.46. The van der Waals surface area contributed by atoms with E-state index in [9.17, 15) is 23.4 Å². The average molecular weight is 271 g/mol. The van der Waals surface area contributed by atoms with Gasteiger partial charge in [0.25, 0.3) is 5.91 Å². The standard InChI is InChI=1S/C11H13NO5S/c13-8-2-1-3-9(14)10(8)11(15)12-7-4-5-18(16,17)6-7/h1-3,7,13-14H,4-6H2,(H,12,15). The first-order valence-electron chi connectivity index (χ1n) is 5.41. The van der Waals surface area contributed by atoms with Crippen molar-refractivity contribution in [2.75, 3.05) is 11.5 Å². The maximum Gasteiger partial charge on any atom is 0.259 e. The molecule has 1 amide bonds. The van der Waals surface area contributed by atoms with Gasteiger partial charge in [0, 0.05) is 6.04 Å². The topological polar surface area (TPSA) is 104 Å². The van der Waals surface area contributed by atoms with Crippen molar-refractivity contribution in [2.45, 2.75) is 12.5 Å². The number of aromatic hydroxyl groups is 2. The molecule has 3 N–H and O–H groups in total. The number of hydrogen-bond acceptors (Lipinski definition) is 5. The lowest BCUT2D eigenvalue weighted by Gasteiger charge is -2.12. The molecule has 1 heterocycles. The summed E-state index contributed by atoms with van der Waals surface area (Å²) in [6.45, 7) is 0. The number of carbonyl (C=O) groups is 1. The molecule has 18 heavy (non-hydrogen) atoms. The average Bonchev–Trinajstić information content (AvgIpc) is 2.57. The normalized spacial score (nSPS) is 21.7. The summed E-state index contributed by atoms with van der Waals surface area (Å²) in [6.07, 6.45) is 0.350. The van der Waals surface area contributed by atoms with E-state index in [1.54, 1.807) is 0 Å². The minimum Gasteiger partial charge on any atom is -0.507 e. The van der Waals surface area contributed by atoms with E-state index in [0.717, 1.165) is 0 Å². The van der Waals surface area contributed by atoms with Crippen LogP contribution in [0.25, 0.3) is 0 Å². The Balaban J connectivity index is 2.14. The Morgan fingerprint density at radius 3 is 2.39 bits per heavy atom. The quantitative estimate of drug-likeness (QED) is 0.703. The van der Waals surface area contributed by atoms with Crippen molar-refractivity contribution in [3.05, 3.63) is 23.8 Å². The molecule has 1 aromatic rings. The second-order valence-electron chi connectivity index (χ2n) is 4.24. The van der Waals surface area contributed by atoms with E-state index in [1.807, 2.05) is 0 Å². The maximum atomic E-state index is 11.8. The van der Waals surface area contributed by atoms with Gasteiger partial charge in [-0.15, -0.1) is 0 Å². The number of sulfone groups is 1. The van der Waals surface area contributed by atoms with Crippen LogP contribution in [0.5, 0.6) is 11.5 Å². The molecule has 1 atom stereocenters. The Labute approximate surface area is 104 Å². The number of phenolic OH excluding ortho intramolecular Hbond substituents is 2. The number of hydrogen-bond donors (Lipinski definition) is 3. The highest BCUT2D eigenvalue weighted by molar-refractivity contribution is 7.91. The van der Waals surface area contributed by atoms with Gasteiger partial charge in [0.15, 0.2) is 9.84 Å². The monoisotopic (exact) mass is 271 g/mol. The van der Waals surface area contributed by atoms with Crippen LogP contribution in [0.3, 0.4) is 0 Å². The Bertz CT molecular complexity index is 561. The lowest BCUT2D eigenvalue weighted by atomic mass is 10.1. The van der Waals surface area contributed by atoms with Crippen molar-refractivity contribution in [1.82, 2.24) is 5.32 Å². The number of phenols is 2. The number of benzene rings is 1. The summed E-state index contributed by atoms with van der Waals surface area (Å²) in [5.74, 6) is -1.41. The zero-order chi connectivity index (χ0) is 13.3. The van der Waals surface area contributed by atoms with Gasteiger partial charge >= 0.3 is 0 Å². The first-order chi connectivity index (χ1) is 8.39. The van der Waals surface area contributed by atoms with Crippen LogP contribution in [0, 0.1) is 0 Å². The molecule has 6 nitrogen and oxygen atoms in total. The summed E-state index contributed by atoms with van der Waals surface area (Å²) in [6, 6.07) is 3.49. The number of amides is 1. The van der Waals surface area contributed by atoms with E-state index in [-0.39, 0.29) is 28.6 Å². The Hall–Kier alpha value is -1.76. The lowest BCUT2D eigenvalue weighted by Crippen LogP contribution is -2.35. The van der Waals surface area contributed by atoms with E-state index in [0.29, 0.717) is 6.42 Å². The molecular formula is C11H13NO5S. The van der Waals surface area contributed by atoms with E-state index < -0.39 is 21.8 Å². The third kappa shape index (κ3) is 2.56. The fourth-order valence-electron chi connectivity index (χ4n) is 1.93. The molecule has 7 heteroatoms. The molecule has 0 radical (unpaired) electrons. The summed E-state index contributed by atoms with van der Waals surface area (Å²) >= 11 is 0. The predicted octanol–water partition coefficient (Wildman–Crippen LogP) is 0.0147. The SMILES string of the molecule is O=C(NC1CCS(=O)(=O)C1)c1c(O)cccc1O. The third-order valence-electron chi connectivity index (χ3n) is 2.82. The van der Waals surface area contributed by atoms with Gasteiger partial charge in [-0.1, -0.05) is 6.07 Å². The van der Waals surface area contributed by atoms with Gasteiger partial charge in [0.1, 0.15) is 17.1 Å². The van der Waals surface area contributed by atoms with Crippen LogP contribution in [0.1, 0.15) is 16.8 Å². The van der Waals surface area contributed by atoms with E-state index in [2.05, 4.69) is 5.32 Å². The molecule has 0 saturated carbocycles. The lowest BCUT2D eigenvalue weighted by molar-refractivity contribution is 0.0935. The van der Waals surface area contributed by atoms with Crippen molar-refractivity contribution in [3.63, 3.8) is 0 Å². The fraction of sp³-hybridized carbons (Fsp3) is 0.364. The molecule has 98 valence electrons. The molecule has 1 aromatic carbocycles. The van der Waals surface area contributed by atoms with Gasteiger partial charge in [0.2, 0.25) is 0 Å². The minimum absolute atomic E-state index is 0.0463. The van der Waals surface area contributed by atoms with E-state index in [4.69, 9.17) is 0 Å². The van der Waals surface area contributed by atoms with Gasteiger partial charge in [-0.05, 0) is 18.6 Å². The highest BCUT2D eigenvalue weighted by Gasteiger charge is 2.30. The minimum atomic E-state index is -3.08. The summed E-state index contributed by atoms with van der Waals surface area (Å²) < 4.78 is 22.5. The van der Waals surface area contributed by atoms with Crippen molar-refractivity contribution in [1.29, 1.82) is 0 Å². The van der Waals surface area contributed by atoms with Crippen molar-refractivity contribution in [2.24, 2.45) is 0 Å². The van der Waals surface area contributed by atoms with Gasteiger partial charge < -0.3 is 15.5 Å². The van der Waals surface area contributed by atoms with Crippen LogP contribution < -0.4 is 5.32 Å². The largest absolute Gasteiger partial charge is 0.507 e. The highest BCUT2D eigenvalue weighted by atomic mass is 32.2. The van der Waals surface area contributed by atoms with Crippen LogP contribution in [0.4, 0.5) is 0 Å². The molecule has 0 aromatic heterocycles. The number of rotatable bonds is 2. The van der Waals surface area contributed by atoms with Crippen LogP contribution >= 0.6 is 0 Å². The van der Waals surface area contributed by atoms with Crippen molar-refractivity contribution >= 4 is 15.7 Å². The Kier molecular flexibility index (Phi) is 3.16. The maximum absolute atomic E-state index is 11.8. The van der Waals surface area contributed by atoms with Gasteiger partial charge in [-0.3, -0.25) is 4.79 Å². The smallest absolute Gasteiger partial charge is 0.259 e. The van der Waals surface area contributed by atoms with Gasteiger partial charge in [0.05, 0.1) is 11.5 Å². The predicted molar refractivity (Wildman–Crippen MR) is 64.3 cm³/mol. The van der Waals surface area contributed by atoms with Crippen molar-refractivity contribution < 1.29 is 23.4 Å². The zero-order valence-corrected chi connectivity index (χ0v) is 10.3. The van der Waals surface area contributed by atoms with Crippen LogP contribution in [-0.2, 0) is 9.84 Å². The third-order valence-corrected chi connectivity index (χ3v) is 4.58. The molecule has 0 aliphatic carbocycles. The van der Waals surface area contributed by atoms with Crippen LogP contribution in [0.2, 0.25) is 0 Å². The van der Waals surface area contributed by atoms with E-state index >= 15 is 0 Å². The van der Waals surface area contributed by atoms with E-state index in [1.165, 1.54) is 18.2 Å². The molecule has 1 unspecified atom stereocenters. The van der Waals surface area contributed by atoms with Crippen molar-refractivity contribution in [3.8, 4) is 11.5 Å². The van der Waals surface area contributed by atoms with Crippen LogP contribution in [0.15, 0.2) is 18.2 Å². The second-order valence-corrected chi connectivity index (χ2v) is 6.47. The first-order valence-corrected chi connectivity index (χ1v) is 7.23. The molecule has 1 aliphatic heterocycles. The summed E-state index contributed by atoms with van der Waals surface area (Å²) in [5.41, 5.74) is -0.234. The summed E-state index contributed by atoms with van der Waals surface area (Å²) in [7, 11) is -3.08. The number of carbonyl (C=O) groups excluding carboxylic acids is 1. The molecule has 0 bridgehead atoms. The first kappa shape index (κ1) is 12.7.